The summed E-state index contributed by atoms with van der Waals surface area (Å²) in [7, 11) is 0. The fraction of sp³-hybridized carbons (Fsp3) is 0.524. The topological polar surface area (TPSA) is 34.1 Å². The predicted octanol–water partition coefficient (Wildman–Crippen LogP) is 4.98. The molecule has 2 aliphatic rings. The number of ketones is 2. The summed E-state index contributed by atoms with van der Waals surface area (Å²) < 4.78 is 0. The first-order valence-electron chi connectivity index (χ1n) is 8.62. The predicted molar refractivity (Wildman–Crippen MR) is 95.0 cm³/mol. The number of fused-ring (bicyclic) bond motifs is 1. The summed E-state index contributed by atoms with van der Waals surface area (Å²) in [6, 6.07) is 0. The summed E-state index contributed by atoms with van der Waals surface area (Å²) >= 11 is 0. The van der Waals surface area contributed by atoms with Gasteiger partial charge in [-0.15, -0.1) is 0 Å². The van der Waals surface area contributed by atoms with E-state index in [1.807, 2.05) is 6.08 Å². The maximum atomic E-state index is 12.1. The SMILES string of the molecule is CC(C)=CCCC(C)=CCC1C(C)=CCC2C(=O)C(=O)C=CC21. The van der Waals surface area contributed by atoms with Crippen LogP contribution in [0.2, 0.25) is 0 Å². The molecule has 3 atom stereocenters. The molecule has 0 aromatic rings. The fourth-order valence-corrected chi connectivity index (χ4v) is 3.58. The highest BCUT2D eigenvalue weighted by Gasteiger charge is 2.39. The van der Waals surface area contributed by atoms with E-state index < -0.39 is 0 Å². The molecule has 3 unspecified atom stereocenters. The first kappa shape index (κ1) is 17.7. The molecule has 0 bridgehead atoms. The largest absolute Gasteiger partial charge is 0.290 e. The zero-order chi connectivity index (χ0) is 17.0. The van der Waals surface area contributed by atoms with Gasteiger partial charge in [-0.25, -0.2) is 0 Å². The quantitative estimate of drug-likeness (QED) is 0.530. The average molecular weight is 312 g/mol. The summed E-state index contributed by atoms with van der Waals surface area (Å²) in [4.78, 5) is 23.7. The third-order valence-corrected chi connectivity index (χ3v) is 5.07. The molecule has 0 aliphatic heterocycles. The highest BCUT2D eigenvalue weighted by molar-refractivity contribution is 6.43. The number of carbonyl (C=O) groups is 2. The standard InChI is InChI=1S/C21H28O2/c1-14(2)6-5-7-15(3)8-10-17-16(4)9-11-19-18(17)12-13-20(22)21(19)23/h6,8-9,12-13,17-19H,5,7,10-11H2,1-4H3. The fourth-order valence-electron chi connectivity index (χ4n) is 3.58. The van der Waals surface area contributed by atoms with E-state index in [0.717, 1.165) is 19.3 Å². The van der Waals surface area contributed by atoms with Gasteiger partial charge in [0.05, 0.1) is 0 Å². The van der Waals surface area contributed by atoms with Crippen LogP contribution in [0.4, 0.5) is 0 Å². The lowest BCUT2D eigenvalue weighted by Crippen LogP contribution is -2.37. The maximum Gasteiger partial charge on any atom is 0.221 e. The van der Waals surface area contributed by atoms with Crippen molar-refractivity contribution in [2.24, 2.45) is 17.8 Å². The molecule has 2 aliphatic carbocycles. The van der Waals surface area contributed by atoms with Crippen molar-refractivity contribution in [2.75, 3.05) is 0 Å². The molecular weight excluding hydrogens is 284 g/mol. The normalized spacial score (nSPS) is 27.6. The van der Waals surface area contributed by atoms with Crippen molar-refractivity contribution in [1.29, 1.82) is 0 Å². The molecule has 0 saturated carbocycles. The van der Waals surface area contributed by atoms with Gasteiger partial charge in [0.2, 0.25) is 11.6 Å². The smallest absolute Gasteiger partial charge is 0.221 e. The van der Waals surface area contributed by atoms with Gasteiger partial charge in [0.25, 0.3) is 0 Å². The second kappa shape index (κ2) is 7.72. The first-order valence-corrected chi connectivity index (χ1v) is 8.62. The molecule has 0 aromatic carbocycles. The van der Waals surface area contributed by atoms with Crippen molar-refractivity contribution < 1.29 is 9.59 Å². The van der Waals surface area contributed by atoms with Crippen LogP contribution in [0.1, 0.15) is 53.4 Å². The van der Waals surface area contributed by atoms with Crippen LogP contribution in [0, 0.1) is 17.8 Å². The molecule has 2 nitrogen and oxygen atoms in total. The van der Waals surface area contributed by atoms with Gasteiger partial charge in [0.15, 0.2) is 0 Å². The van der Waals surface area contributed by atoms with Crippen LogP contribution in [0.3, 0.4) is 0 Å². The third kappa shape index (κ3) is 4.40. The van der Waals surface area contributed by atoms with Gasteiger partial charge in [0, 0.05) is 5.92 Å². The van der Waals surface area contributed by atoms with Crippen molar-refractivity contribution in [2.45, 2.75) is 53.4 Å². The molecule has 0 saturated heterocycles. The van der Waals surface area contributed by atoms with Gasteiger partial charge < -0.3 is 0 Å². The van der Waals surface area contributed by atoms with Crippen LogP contribution in [0.15, 0.2) is 47.1 Å². The molecule has 0 heterocycles. The van der Waals surface area contributed by atoms with E-state index in [-0.39, 0.29) is 23.4 Å². The van der Waals surface area contributed by atoms with E-state index in [1.165, 1.54) is 22.8 Å². The van der Waals surface area contributed by atoms with E-state index >= 15 is 0 Å². The van der Waals surface area contributed by atoms with E-state index in [0.29, 0.717) is 12.3 Å². The second-order valence-electron chi connectivity index (χ2n) is 7.17. The summed E-state index contributed by atoms with van der Waals surface area (Å²) in [6.45, 7) is 8.59. The Morgan fingerprint density at radius 1 is 1.22 bits per heavy atom. The summed E-state index contributed by atoms with van der Waals surface area (Å²) in [6.07, 6.45) is 14.0. The number of rotatable bonds is 5. The lowest BCUT2D eigenvalue weighted by Gasteiger charge is -2.36. The summed E-state index contributed by atoms with van der Waals surface area (Å²) in [5, 5.41) is 0. The zero-order valence-electron chi connectivity index (χ0n) is 14.8. The third-order valence-electron chi connectivity index (χ3n) is 5.07. The van der Waals surface area contributed by atoms with Crippen LogP contribution < -0.4 is 0 Å². The van der Waals surface area contributed by atoms with Crippen LogP contribution >= 0.6 is 0 Å². The summed E-state index contributed by atoms with van der Waals surface area (Å²) in [5.41, 5.74) is 4.12. The Hall–Kier alpha value is -1.70. The minimum Gasteiger partial charge on any atom is -0.290 e. The lowest BCUT2D eigenvalue weighted by molar-refractivity contribution is -0.138. The monoisotopic (exact) mass is 312 g/mol. The molecule has 0 fully saturated rings. The Kier molecular flexibility index (Phi) is 5.92. The molecule has 0 amide bonds. The van der Waals surface area contributed by atoms with E-state index in [1.54, 1.807) is 0 Å². The first-order chi connectivity index (χ1) is 10.9. The molecule has 23 heavy (non-hydrogen) atoms. The molecule has 0 N–H and O–H groups in total. The van der Waals surface area contributed by atoms with Crippen LogP contribution in [-0.4, -0.2) is 11.6 Å². The number of Topliss-reactive ketones (excluding diaryl/α,β-unsaturated/α-hetero) is 1. The zero-order valence-corrected chi connectivity index (χ0v) is 14.8. The van der Waals surface area contributed by atoms with Crippen LogP contribution in [0.25, 0.3) is 0 Å². The van der Waals surface area contributed by atoms with E-state index in [2.05, 4.69) is 45.9 Å². The van der Waals surface area contributed by atoms with E-state index in [4.69, 9.17) is 0 Å². The van der Waals surface area contributed by atoms with Gasteiger partial charge in [0.1, 0.15) is 0 Å². The molecule has 2 rings (SSSR count). The molecule has 0 aromatic heterocycles. The molecule has 2 heteroatoms. The van der Waals surface area contributed by atoms with Gasteiger partial charge in [-0.05, 0) is 71.3 Å². The number of carbonyl (C=O) groups excluding carboxylic acids is 2. The highest BCUT2D eigenvalue weighted by Crippen LogP contribution is 2.40. The molecule has 124 valence electrons. The van der Waals surface area contributed by atoms with Crippen molar-refractivity contribution in [3.8, 4) is 0 Å². The van der Waals surface area contributed by atoms with Crippen LogP contribution in [-0.2, 0) is 9.59 Å². The van der Waals surface area contributed by atoms with E-state index in [9.17, 15) is 9.59 Å². The molecular formula is C21H28O2. The van der Waals surface area contributed by atoms with Crippen molar-refractivity contribution in [3.63, 3.8) is 0 Å². The summed E-state index contributed by atoms with van der Waals surface area (Å²) in [5.74, 6) is -0.130. The Bertz CT molecular complexity index is 597. The highest BCUT2D eigenvalue weighted by atomic mass is 16.2. The Morgan fingerprint density at radius 2 is 1.96 bits per heavy atom. The number of hydrogen-bond acceptors (Lipinski definition) is 2. The van der Waals surface area contributed by atoms with Crippen molar-refractivity contribution in [1.82, 2.24) is 0 Å². The van der Waals surface area contributed by atoms with Gasteiger partial charge in [-0.2, -0.15) is 0 Å². The van der Waals surface area contributed by atoms with Crippen molar-refractivity contribution >= 4 is 11.6 Å². The Morgan fingerprint density at radius 3 is 2.65 bits per heavy atom. The number of hydrogen-bond donors (Lipinski definition) is 0. The maximum absolute atomic E-state index is 12.1. The molecule has 0 radical (unpaired) electrons. The van der Waals surface area contributed by atoms with Crippen molar-refractivity contribution in [3.05, 3.63) is 47.1 Å². The second-order valence-corrected chi connectivity index (χ2v) is 7.17. The number of allylic oxidation sites excluding steroid dienone is 8. The Balaban J connectivity index is 2.05. The van der Waals surface area contributed by atoms with Crippen LogP contribution in [0.5, 0.6) is 0 Å². The van der Waals surface area contributed by atoms with Gasteiger partial charge >= 0.3 is 0 Å². The molecule has 0 spiro atoms. The van der Waals surface area contributed by atoms with Gasteiger partial charge in [-0.1, -0.05) is 41.0 Å². The lowest BCUT2D eigenvalue weighted by atomic mass is 9.66. The Labute approximate surface area is 140 Å². The minimum absolute atomic E-state index is 0.138. The minimum atomic E-state index is -0.327. The average Bonchev–Trinajstić information content (AvgIpc) is 2.49. The van der Waals surface area contributed by atoms with Gasteiger partial charge in [-0.3, -0.25) is 9.59 Å².